The SMILES string of the molecule is Cc1c(C)c2c(c(C)c1OC(C)(C)C(=O)O)CCC(C)(C)O2. The van der Waals surface area contributed by atoms with Crippen LogP contribution < -0.4 is 9.47 Å². The van der Waals surface area contributed by atoms with Crippen LogP contribution in [0.3, 0.4) is 0 Å². The number of carboxylic acids is 1. The molecule has 1 aliphatic heterocycles. The number of carbonyl (C=O) groups is 1. The van der Waals surface area contributed by atoms with E-state index in [2.05, 4.69) is 13.8 Å². The first-order valence-electron chi connectivity index (χ1n) is 7.70. The molecule has 1 heterocycles. The Balaban J connectivity index is 2.56. The normalized spacial score (nSPS) is 16.7. The van der Waals surface area contributed by atoms with Crippen LogP contribution in [0.25, 0.3) is 0 Å². The molecule has 4 heteroatoms. The predicted molar refractivity (Wildman–Crippen MR) is 86.0 cm³/mol. The second-order valence-corrected chi connectivity index (χ2v) is 7.29. The van der Waals surface area contributed by atoms with Gasteiger partial charge in [0.15, 0.2) is 5.60 Å². The van der Waals surface area contributed by atoms with Crippen LogP contribution in [-0.2, 0) is 11.2 Å². The Morgan fingerprint density at radius 1 is 1.18 bits per heavy atom. The second-order valence-electron chi connectivity index (χ2n) is 7.29. The van der Waals surface area contributed by atoms with Gasteiger partial charge in [0.1, 0.15) is 17.1 Å². The van der Waals surface area contributed by atoms with Crippen molar-refractivity contribution in [3.05, 3.63) is 22.3 Å². The molecule has 1 aliphatic rings. The Morgan fingerprint density at radius 3 is 2.32 bits per heavy atom. The molecule has 1 N–H and O–H groups in total. The van der Waals surface area contributed by atoms with E-state index in [1.807, 2.05) is 20.8 Å². The Kier molecular flexibility index (Phi) is 3.92. The molecule has 0 aromatic heterocycles. The van der Waals surface area contributed by atoms with Gasteiger partial charge in [0.2, 0.25) is 0 Å². The molecular formula is C18H26O4. The molecule has 0 aliphatic carbocycles. The van der Waals surface area contributed by atoms with E-state index < -0.39 is 11.6 Å². The zero-order valence-electron chi connectivity index (χ0n) is 14.6. The van der Waals surface area contributed by atoms with Gasteiger partial charge in [-0.2, -0.15) is 0 Å². The molecule has 0 unspecified atom stereocenters. The van der Waals surface area contributed by atoms with E-state index in [0.29, 0.717) is 5.75 Å². The third kappa shape index (κ3) is 2.79. The summed E-state index contributed by atoms with van der Waals surface area (Å²) >= 11 is 0. The number of hydrogen-bond acceptors (Lipinski definition) is 3. The molecule has 1 aromatic carbocycles. The van der Waals surface area contributed by atoms with Crippen molar-refractivity contribution >= 4 is 5.97 Å². The number of ether oxygens (including phenoxy) is 2. The summed E-state index contributed by atoms with van der Waals surface area (Å²) in [4.78, 5) is 11.4. The summed E-state index contributed by atoms with van der Waals surface area (Å²) in [5.41, 5.74) is 2.68. The molecule has 0 amide bonds. The van der Waals surface area contributed by atoms with Gasteiger partial charge in [-0.15, -0.1) is 0 Å². The van der Waals surface area contributed by atoms with Crippen LogP contribution >= 0.6 is 0 Å². The van der Waals surface area contributed by atoms with Crippen LogP contribution in [0.5, 0.6) is 11.5 Å². The summed E-state index contributed by atoms with van der Waals surface area (Å²) in [6.45, 7) is 13.3. The van der Waals surface area contributed by atoms with Crippen molar-refractivity contribution in [2.75, 3.05) is 0 Å². The average Bonchev–Trinajstić information content (AvgIpc) is 2.40. The standard InChI is InChI=1S/C18H26O4/c1-10-11(2)15-13(8-9-17(4,5)21-15)12(3)14(10)22-18(6,7)16(19)20/h8-9H2,1-7H3,(H,19,20). The number of fused-ring (bicyclic) bond motifs is 1. The Bertz CT molecular complexity index is 627. The van der Waals surface area contributed by atoms with E-state index in [1.54, 1.807) is 13.8 Å². The van der Waals surface area contributed by atoms with Gasteiger partial charge >= 0.3 is 5.97 Å². The topological polar surface area (TPSA) is 55.8 Å². The van der Waals surface area contributed by atoms with Gasteiger partial charge in [-0.05, 0) is 78.0 Å². The van der Waals surface area contributed by atoms with Crippen molar-refractivity contribution in [2.24, 2.45) is 0 Å². The minimum atomic E-state index is -1.26. The molecule has 0 bridgehead atoms. The van der Waals surface area contributed by atoms with Crippen LogP contribution in [0.1, 0.15) is 56.4 Å². The van der Waals surface area contributed by atoms with Crippen LogP contribution in [0.2, 0.25) is 0 Å². The molecule has 2 rings (SSSR count). The summed E-state index contributed by atoms with van der Waals surface area (Å²) in [5, 5.41) is 9.31. The van der Waals surface area contributed by atoms with Crippen molar-refractivity contribution in [1.82, 2.24) is 0 Å². The molecule has 1 aromatic rings. The van der Waals surface area contributed by atoms with Crippen molar-refractivity contribution in [3.8, 4) is 11.5 Å². The highest BCUT2D eigenvalue weighted by Gasteiger charge is 2.34. The van der Waals surface area contributed by atoms with E-state index >= 15 is 0 Å². The number of carboxylic acid groups (broad SMARTS) is 1. The molecule has 122 valence electrons. The van der Waals surface area contributed by atoms with Crippen LogP contribution in [0, 0.1) is 20.8 Å². The summed E-state index contributed by atoms with van der Waals surface area (Å²) in [7, 11) is 0. The summed E-state index contributed by atoms with van der Waals surface area (Å²) in [6.07, 6.45) is 1.85. The van der Waals surface area contributed by atoms with Crippen molar-refractivity contribution in [1.29, 1.82) is 0 Å². The molecular weight excluding hydrogens is 280 g/mol. The highest BCUT2D eigenvalue weighted by molar-refractivity contribution is 5.77. The first-order valence-corrected chi connectivity index (χ1v) is 7.70. The highest BCUT2D eigenvalue weighted by atomic mass is 16.5. The average molecular weight is 306 g/mol. The number of hydrogen-bond donors (Lipinski definition) is 1. The fraction of sp³-hybridized carbons (Fsp3) is 0.611. The van der Waals surface area contributed by atoms with Gasteiger partial charge in [-0.3, -0.25) is 0 Å². The Morgan fingerprint density at radius 2 is 1.77 bits per heavy atom. The summed E-state index contributed by atoms with van der Waals surface area (Å²) in [6, 6.07) is 0. The van der Waals surface area contributed by atoms with Gasteiger partial charge < -0.3 is 14.6 Å². The quantitative estimate of drug-likeness (QED) is 0.918. The lowest BCUT2D eigenvalue weighted by molar-refractivity contribution is -0.152. The Labute approximate surface area is 132 Å². The lowest BCUT2D eigenvalue weighted by Gasteiger charge is -2.36. The molecule has 0 saturated carbocycles. The molecule has 0 fully saturated rings. The van der Waals surface area contributed by atoms with E-state index in [-0.39, 0.29) is 5.60 Å². The largest absolute Gasteiger partial charge is 0.487 e. The van der Waals surface area contributed by atoms with Crippen LogP contribution in [0.4, 0.5) is 0 Å². The summed E-state index contributed by atoms with van der Waals surface area (Å²) < 4.78 is 12.0. The van der Waals surface area contributed by atoms with Crippen molar-refractivity contribution in [2.45, 2.75) is 72.5 Å². The van der Waals surface area contributed by atoms with E-state index in [4.69, 9.17) is 9.47 Å². The lowest BCUT2D eigenvalue weighted by atomic mass is 9.88. The maximum Gasteiger partial charge on any atom is 0.347 e. The van der Waals surface area contributed by atoms with E-state index in [1.165, 1.54) is 0 Å². The molecule has 0 radical (unpaired) electrons. The van der Waals surface area contributed by atoms with Crippen LogP contribution in [0.15, 0.2) is 0 Å². The maximum absolute atomic E-state index is 11.4. The van der Waals surface area contributed by atoms with Crippen LogP contribution in [-0.4, -0.2) is 22.3 Å². The van der Waals surface area contributed by atoms with Gasteiger partial charge in [0, 0.05) is 5.56 Å². The van der Waals surface area contributed by atoms with Crippen molar-refractivity contribution in [3.63, 3.8) is 0 Å². The van der Waals surface area contributed by atoms with E-state index in [9.17, 15) is 9.90 Å². The lowest BCUT2D eigenvalue weighted by Crippen LogP contribution is -2.39. The monoisotopic (exact) mass is 306 g/mol. The number of aliphatic carboxylic acids is 1. The van der Waals surface area contributed by atoms with Gasteiger partial charge in [0.05, 0.1) is 0 Å². The minimum absolute atomic E-state index is 0.167. The molecule has 22 heavy (non-hydrogen) atoms. The minimum Gasteiger partial charge on any atom is -0.487 e. The first kappa shape index (κ1) is 16.7. The molecule has 4 nitrogen and oxygen atoms in total. The number of benzene rings is 1. The summed E-state index contributed by atoms with van der Waals surface area (Å²) in [5.74, 6) is 0.637. The zero-order chi connectivity index (χ0) is 16.9. The third-order valence-corrected chi connectivity index (χ3v) is 4.54. The van der Waals surface area contributed by atoms with Crippen molar-refractivity contribution < 1.29 is 19.4 Å². The predicted octanol–water partition coefficient (Wildman–Crippen LogP) is 3.96. The molecule has 0 atom stereocenters. The fourth-order valence-corrected chi connectivity index (χ4v) is 2.80. The fourth-order valence-electron chi connectivity index (χ4n) is 2.80. The van der Waals surface area contributed by atoms with E-state index in [0.717, 1.165) is 40.8 Å². The van der Waals surface area contributed by atoms with Gasteiger partial charge in [0.25, 0.3) is 0 Å². The first-order chi connectivity index (χ1) is 9.96. The molecule has 0 saturated heterocycles. The Hall–Kier alpha value is -1.71. The highest BCUT2D eigenvalue weighted by Crippen LogP contribution is 2.44. The maximum atomic E-state index is 11.4. The molecule has 0 spiro atoms. The zero-order valence-corrected chi connectivity index (χ0v) is 14.6. The van der Waals surface area contributed by atoms with Gasteiger partial charge in [-0.25, -0.2) is 4.79 Å². The second kappa shape index (κ2) is 5.18. The smallest absolute Gasteiger partial charge is 0.347 e. The van der Waals surface area contributed by atoms with Gasteiger partial charge in [-0.1, -0.05) is 0 Å². The third-order valence-electron chi connectivity index (χ3n) is 4.54. The number of rotatable bonds is 3.